The lowest BCUT2D eigenvalue weighted by Crippen LogP contribution is -2.44. The zero-order valence-corrected chi connectivity index (χ0v) is 16.8. The second-order valence-corrected chi connectivity index (χ2v) is 7.53. The van der Waals surface area contributed by atoms with E-state index in [1.807, 2.05) is 27.7 Å². The molecule has 28 heavy (non-hydrogen) atoms. The molecule has 2 heterocycles. The Morgan fingerprint density at radius 3 is 2.86 bits per heavy atom. The molecule has 156 valence electrons. The van der Waals surface area contributed by atoms with Gasteiger partial charge in [0.25, 0.3) is 0 Å². The van der Waals surface area contributed by atoms with Crippen LogP contribution in [0.5, 0.6) is 0 Å². The third kappa shape index (κ3) is 6.71. The normalized spacial score (nSPS) is 17.5. The van der Waals surface area contributed by atoms with Crippen LogP contribution in [0.2, 0.25) is 0 Å². The summed E-state index contributed by atoms with van der Waals surface area (Å²) in [5.41, 5.74) is -0.563. The van der Waals surface area contributed by atoms with Crippen LogP contribution in [0.1, 0.15) is 34.1 Å². The zero-order chi connectivity index (χ0) is 20.7. The van der Waals surface area contributed by atoms with Crippen LogP contribution in [0.4, 0.5) is 10.5 Å². The molecule has 1 aliphatic rings. The van der Waals surface area contributed by atoms with Gasteiger partial charge in [0.05, 0.1) is 24.1 Å². The van der Waals surface area contributed by atoms with Gasteiger partial charge in [0.2, 0.25) is 0 Å². The number of guanidine groups is 1. The van der Waals surface area contributed by atoms with Gasteiger partial charge in [0.15, 0.2) is 5.96 Å². The molecule has 0 saturated carbocycles. The Labute approximate surface area is 164 Å². The number of hydrogen-bond acceptors (Lipinski definition) is 6. The first kappa shape index (κ1) is 21.5. The second-order valence-electron chi connectivity index (χ2n) is 7.53. The molecule has 1 fully saturated rings. The van der Waals surface area contributed by atoms with Gasteiger partial charge in [-0.2, -0.15) is 5.10 Å². The second kappa shape index (κ2) is 9.38. The Hall–Kier alpha value is -2.85. The number of nitrogens with one attached hydrogen (secondary N) is 2. The van der Waals surface area contributed by atoms with E-state index >= 15 is 0 Å². The van der Waals surface area contributed by atoms with Gasteiger partial charge in [-0.25, -0.2) is 4.79 Å². The Morgan fingerprint density at radius 2 is 2.25 bits per heavy atom. The number of amides is 1. The van der Waals surface area contributed by atoms with Gasteiger partial charge >= 0.3 is 11.8 Å². The number of aromatic nitrogens is 2. The van der Waals surface area contributed by atoms with E-state index in [-0.39, 0.29) is 11.7 Å². The maximum Gasteiger partial charge on any atom is 0.407 e. The maximum absolute atomic E-state index is 11.9. The van der Waals surface area contributed by atoms with E-state index in [1.54, 1.807) is 0 Å². The van der Waals surface area contributed by atoms with Crippen molar-refractivity contribution >= 4 is 17.7 Å². The van der Waals surface area contributed by atoms with Crippen molar-refractivity contribution in [1.29, 1.82) is 0 Å². The average Bonchev–Trinajstić information content (AvgIpc) is 3.21. The van der Waals surface area contributed by atoms with Crippen LogP contribution in [0.3, 0.4) is 0 Å². The molecule has 0 aromatic carbocycles. The highest BCUT2D eigenvalue weighted by molar-refractivity contribution is 5.80. The number of likely N-dealkylation sites (tertiary alicyclic amines) is 1. The Kier molecular flexibility index (Phi) is 7.18. The quantitative estimate of drug-likeness (QED) is 0.322. The molecule has 11 heteroatoms. The lowest BCUT2D eigenvalue weighted by molar-refractivity contribution is -0.385. The van der Waals surface area contributed by atoms with Crippen LogP contribution >= 0.6 is 0 Å². The largest absolute Gasteiger partial charge is 0.444 e. The summed E-state index contributed by atoms with van der Waals surface area (Å²) in [7, 11) is 0. The minimum atomic E-state index is -0.527. The standard InChI is InChI=1S/C17H29N7O4/c1-5-18-15(19-7-9-23-12-14(10-20-23)24(26)27)22-8-6-13(11-22)21-16(25)28-17(2,3)4/h10,12-13H,5-9,11H2,1-4H3,(H,18,19)(H,21,25)/t13-/m1/s1. The molecule has 0 bridgehead atoms. The average molecular weight is 395 g/mol. The summed E-state index contributed by atoms with van der Waals surface area (Å²) >= 11 is 0. The summed E-state index contributed by atoms with van der Waals surface area (Å²) < 4.78 is 6.81. The molecule has 0 spiro atoms. The minimum absolute atomic E-state index is 0.00697. The third-order valence-corrected chi connectivity index (χ3v) is 3.96. The number of aliphatic imine (C=N–C) groups is 1. The Morgan fingerprint density at radius 1 is 1.50 bits per heavy atom. The number of nitro groups is 1. The maximum atomic E-state index is 11.9. The number of carbonyl (C=O) groups is 1. The van der Waals surface area contributed by atoms with Crippen molar-refractivity contribution in [2.24, 2.45) is 4.99 Å². The lowest BCUT2D eigenvalue weighted by atomic mass is 10.2. The SMILES string of the molecule is CCNC(=NCCn1cc([N+](=O)[O-])cn1)N1CC[C@@H](NC(=O)OC(C)(C)C)C1. The van der Waals surface area contributed by atoms with Crippen LogP contribution in [-0.4, -0.2) is 69.5 Å². The molecule has 2 rings (SSSR count). The minimum Gasteiger partial charge on any atom is -0.444 e. The van der Waals surface area contributed by atoms with E-state index in [0.29, 0.717) is 26.2 Å². The van der Waals surface area contributed by atoms with Crippen molar-refractivity contribution in [2.45, 2.75) is 52.3 Å². The third-order valence-electron chi connectivity index (χ3n) is 3.96. The van der Waals surface area contributed by atoms with E-state index < -0.39 is 16.6 Å². The monoisotopic (exact) mass is 395 g/mol. The van der Waals surface area contributed by atoms with E-state index in [1.165, 1.54) is 17.1 Å². The molecule has 0 aliphatic carbocycles. The van der Waals surface area contributed by atoms with Crippen molar-refractivity contribution in [3.05, 3.63) is 22.5 Å². The number of rotatable bonds is 6. The van der Waals surface area contributed by atoms with E-state index in [2.05, 4.69) is 25.6 Å². The molecule has 1 aromatic rings. The predicted octanol–water partition coefficient (Wildman–Crippen LogP) is 1.36. The molecule has 1 saturated heterocycles. The highest BCUT2D eigenvalue weighted by Crippen LogP contribution is 2.12. The molecule has 0 radical (unpaired) electrons. The molecule has 1 amide bonds. The van der Waals surface area contributed by atoms with Gasteiger partial charge in [-0.05, 0) is 34.1 Å². The van der Waals surface area contributed by atoms with Crippen LogP contribution in [-0.2, 0) is 11.3 Å². The fraction of sp³-hybridized carbons (Fsp3) is 0.706. The first-order valence-electron chi connectivity index (χ1n) is 9.37. The highest BCUT2D eigenvalue weighted by Gasteiger charge is 2.27. The molecular weight excluding hydrogens is 366 g/mol. The Bertz CT molecular complexity index is 711. The number of nitrogens with zero attached hydrogens (tertiary/aromatic N) is 5. The summed E-state index contributed by atoms with van der Waals surface area (Å²) in [6.07, 6.45) is 3.00. The van der Waals surface area contributed by atoms with E-state index in [0.717, 1.165) is 18.9 Å². The van der Waals surface area contributed by atoms with E-state index in [9.17, 15) is 14.9 Å². The fourth-order valence-electron chi connectivity index (χ4n) is 2.80. The topological polar surface area (TPSA) is 127 Å². The summed E-state index contributed by atoms with van der Waals surface area (Å²) in [4.78, 5) is 28.8. The van der Waals surface area contributed by atoms with Crippen molar-refractivity contribution in [3.8, 4) is 0 Å². The summed E-state index contributed by atoms with van der Waals surface area (Å²) in [5, 5.41) is 20.8. The van der Waals surface area contributed by atoms with Gasteiger partial charge in [-0.3, -0.25) is 19.8 Å². The van der Waals surface area contributed by atoms with Gasteiger partial charge in [0.1, 0.15) is 18.0 Å². The zero-order valence-electron chi connectivity index (χ0n) is 16.8. The summed E-state index contributed by atoms with van der Waals surface area (Å²) in [5.74, 6) is 0.748. The smallest absolute Gasteiger partial charge is 0.407 e. The fourth-order valence-corrected chi connectivity index (χ4v) is 2.80. The highest BCUT2D eigenvalue weighted by atomic mass is 16.6. The van der Waals surface area contributed by atoms with Crippen molar-refractivity contribution in [3.63, 3.8) is 0 Å². The number of carbonyl (C=O) groups excluding carboxylic acids is 1. The first-order valence-corrected chi connectivity index (χ1v) is 9.37. The van der Waals surface area contributed by atoms with Crippen molar-refractivity contribution < 1.29 is 14.5 Å². The van der Waals surface area contributed by atoms with Crippen LogP contribution in [0, 0.1) is 10.1 Å². The van der Waals surface area contributed by atoms with Gasteiger partial charge in [-0.1, -0.05) is 0 Å². The summed E-state index contributed by atoms with van der Waals surface area (Å²) in [6.45, 7) is 10.5. The number of alkyl carbamates (subject to hydrolysis) is 1. The predicted molar refractivity (Wildman–Crippen MR) is 104 cm³/mol. The lowest BCUT2D eigenvalue weighted by Gasteiger charge is -2.23. The summed E-state index contributed by atoms with van der Waals surface area (Å²) in [6, 6.07) is -0.00697. The van der Waals surface area contributed by atoms with Gasteiger partial charge in [-0.15, -0.1) is 0 Å². The molecular formula is C17H29N7O4. The van der Waals surface area contributed by atoms with Crippen LogP contribution in [0.25, 0.3) is 0 Å². The molecule has 2 N–H and O–H groups in total. The molecule has 0 unspecified atom stereocenters. The molecule has 1 atom stereocenters. The van der Waals surface area contributed by atoms with Gasteiger partial charge in [0, 0.05) is 19.6 Å². The van der Waals surface area contributed by atoms with E-state index in [4.69, 9.17) is 4.74 Å². The van der Waals surface area contributed by atoms with Crippen molar-refractivity contribution in [2.75, 3.05) is 26.2 Å². The van der Waals surface area contributed by atoms with Gasteiger partial charge < -0.3 is 20.3 Å². The van der Waals surface area contributed by atoms with Crippen LogP contribution in [0.15, 0.2) is 17.4 Å². The molecule has 1 aromatic heterocycles. The first-order chi connectivity index (χ1) is 13.2. The molecule has 11 nitrogen and oxygen atoms in total. The number of ether oxygens (including phenoxy) is 1. The molecule has 1 aliphatic heterocycles. The van der Waals surface area contributed by atoms with Crippen LogP contribution < -0.4 is 10.6 Å². The van der Waals surface area contributed by atoms with Crippen molar-refractivity contribution in [1.82, 2.24) is 25.3 Å². The number of hydrogen-bond donors (Lipinski definition) is 2. The Balaban J connectivity index is 1.87.